The van der Waals surface area contributed by atoms with Gasteiger partial charge in [0, 0.05) is 17.4 Å². The maximum absolute atomic E-state index is 12.4. The summed E-state index contributed by atoms with van der Waals surface area (Å²) in [6, 6.07) is 14.3. The van der Waals surface area contributed by atoms with E-state index in [0.29, 0.717) is 35.5 Å². The van der Waals surface area contributed by atoms with Gasteiger partial charge in [-0.25, -0.2) is 14.8 Å². The van der Waals surface area contributed by atoms with E-state index in [0.717, 1.165) is 11.3 Å². The largest absolute Gasteiger partial charge is 0.497 e. The number of amides is 1. The molecule has 1 amide bonds. The maximum Gasteiger partial charge on any atom is 0.412 e. The summed E-state index contributed by atoms with van der Waals surface area (Å²) in [4.78, 5) is 21.4. The number of benzene rings is 2. The highest BCUT2D eigenvalue weighted by Crippen LogP contribution is 2.36. The molecule has 3 aliphatic heterocycles. The minimum Gasteiger partial charge on any atom is -0.497 e. The summed E-state index contributed by atoms with van der Waals surface area (Å²) in [5.41, 5.74) is 2.23. The molecule has 0 radical (unpaired) electrons. The number of aromatic nitrogens is 2. The van der Waals surface area contributed by atoms with Crippen molar-refractivity contribution in [3.05, 3.63) is 54.7 Å². The lowest BCUT2D eigenvalue weighted by Crippen LogP contribution is -2.38. The number of hydrogen-bond donors (Lipinski definition) is 2. The van der Waals surface area contributed by atoms with Gasteiger partial charge in [-0.05, 0) is 48.5 Å². The molecule has 3 aliphatic rings. The molecule has 2 N–H and O–H groups in total. The minimum absolute atomic E-state index is 0.194. The number of nitrogens with one attached hydrogen (secondary N) is 2. The van der Waals surface area contributed by atoms with Crippen LogP contribution in [0.15, 0.2) is 54.7 Å². The summed E-state index contributed by atoms with van der Waals surface area (Å²) in [7, 11) is 1.58. The zero-order valence-electron chi connectivity index (χ0n) is 19.4. The molecule has 0 bridgehead atoms. The van der Waals surface area contributed by atoms with Crippen LogP contribution in [-0.4, -0.2) is 67.5 Å². The van der Waals surface area contributed by atoms with Crippen LogP contribution in [0.3, 0.4) is 0 Å². The van der Waals surface area contributed by atoms with E-state index in [2.05, 4.69) is 20.6 Å². The van der Waals surface area contributed by atoms with Crippen molar-refractivity contribution >= 4 is 17.7 Å². The van der Waals surface area contributed by atoms with Gasteiger partial charge < -0.3 is 33.7 Å². The van der Waals surface area contributed by atoms with Crippen LogP contribution in [0.25, 0.3) is 11.3 Å². The van der Waals surface area contributed by atoms with E-state index in [9.17, 15) is 4.79 Å². The molecule has 4 unspecified atom stereocenters. The normalized spacial score (nSPS) is 23.7. The molecule has 36 heavy (non-hydrogen) atoms. The van der Waals surface area contributed by atoms with Crippen molar-refractivity contribution < 1.29 is 33.2 Å². The molecule has 2 aromatic carbocycles. The van der Waals surface area contributed by atoms with E-state index >= 15 is 0 Å². The highest BCUT2D eigenvalue weighted by atomic mass is 16.7. The lowest BCUT2D eigenvalue weighted by molar-refractivity contribution is 0.00917. The summed E-state index contributed by atoms with van der Waals surface area (Å²) < 4.78 is 33.4. The van der Waals surface area contributed by atoms with Crippen LogP contribution in [0.4, 0.5) is 16.4 Å². The summed E-state index contributed by atoms with van der Waals surface area (Å²) in [6.07, 6.45) is -0.106. The summed E-state index contributed by atoms with van der Waals surface area (Å²) in [5, 5.41) is 6.01. The molecule has 4 atom stereocenters. The molecular weight excluding hydrogens is 468 g/mol. The second kappa shape index (κ2) is 9.51. The zero-order chi connectivity index (χ0) is 24.5. The van der Waals surface area contributed by atoms with Crippen molar-refractivity contribution in [2.75, 3.05) is 37.8 Å². The van der Waals surface area contributed by atoms with Crippen molar-refractivity contribution in [1.82, 2.24) is 9.97 Å². The van der Waals surface area contributed by atoms with Gasteiger partial charge in [-0.15, -0.1) is 0 Å². The van der Waals surface area contributed by atoms with Crippen LogP contribution in [0.1, 0.15) is 0 Å². The predicted molar refractivity (Wildman–Crippen MR) is 127 cm³/mol. The summed E-state index contributed by atoms with van der Waals surface area (Å²) in [6.45, 7) is 0.821. The van der Waals surface area contributed by atoms with E-state index in [1.54, 1.807) is 37.6 Å². The van der Waals surface area contributed by atoms with Crippen LogP contribution in [0.5, 0.6) is 17.2 Å². The Balaban J connectivity index is 1.07. The number of methoxy groups -OCH3 is 1. The molecular formula is C25H24N4O7. The second-order valence-electron chi connectivity index (χ2n) is 8.48. The minimum atomic E-state index is -0.575. The molecule has 0 saturated carbocycles. The molecule has 6 rings (SSSR count). The van der Waals surface area contributed by atoms with Crippen molar-refractivity contribution in [1.29, 1.82) is 0 Å². The Morgan fingerprint density at radius 2 is 1.83 bits per heavy atom. The van der Waals surface area contributed by atoms with Crippen molar-refractivity contribution in [2.24, 2.45) is 0 Å². The van der Waals surface area contributed by atoms with E-state index < -0.39 is 12.2 Å². The van der Waals surface area contributed by atoms with Gasteiger partial charge in [0.05, 0.1) is 32.1 Å². The van der Waals surface area contributed by atoms with Crippen LogP contribution in [0.2, 0.25) is 0 Å². The molecule has 4 heterocycles. The third-order valence-electron chi connectivity index (χ3n) is 6.24. The standard InChI is InChI=1S/C25H24N4O7/c1-31-16-5-3-15(4-6-16)27-25(30)36-21-12-33-22-18(11-32-23(21)22)29-24-26-9-8-17(28-24)14-2-7-19-20(10-14)35-13-34-19/h2-10,18,21-23H,11-13H2,1H3,(H,27,30)(H,26,28,29). The molecule has 186 valence electrons. The Hall–Kier alpha value is -4.09. The first-order chi connectivity index (χ1) is 17.7. The second-order valence-corrected chi connectivity index (χ2v) is 8.48. The number of ether oxygens (including phenoxy) is 6. The van der Waals surface area contributed by atoms with E-state index in [-0.39, 0.29) is 31.6 Å². The summed E-state index contributed by atoms with van der Waals surface area (Å²) >= 11 is 0. The zero-order valence-corrected chi connectivity index (χ0v) is 19.4. The fourth-order valence-corrected chi connectivity index (χ4v) is 4.46. The van der Waals surface area contributed by atoms with Gasteiger partial charge in [0.15, 0.2) is 17.6 Å². The van der Waals surface area contributed by atoms with Crippen LogP contribution < -0.4 is 24.8 Å². The molecule has 0 aliphatic carbocycles. The third-order valence-corrected chi connectivity index (χ3v) is 6.24. The van der Waals surface area contributed by atoms with E-state index in [1.807, 2.05) is 24.3 Å². The molecule has 11 heteroatoms. The number of carbonyl (C=O) groups excluding carboxylic acids is 1. The number of anilines is 2. The van der Waals surface area contributed by atoms with Gasteiger partial charge in [0.2, 0.25) is 12.7 Å². The molecule has 2 fully saturated rings. The van der Waals surface area contributed by atoms with Crippen molar-refractivity contribution in [3.8, 4) is 28.5 Å². The van der Waals surface area contributed by atoms with Crippen LogP contribution in [-0.2, 0) is 14.2 Å². The smallest absolute Gasteiger partial charge is 0.412 e. The van der Waals surface area contributed by atoms with E-state index in [4.69, 9.17) is 28.4 Å². The average molecular weight is 492 g/mol. The Labute approximate surface area is 206 Å². The Bertz CT molecular complexity index is 1260. The Kier molecular flexibility index (Phi) is 5.91. The fraction of sp³-hybridized carbons (Fsp3) is 0.320. The third kappa shape index (κ3) is 4.45. The first-order valence-corrected chi connectivity index (χ1v) is 11.5. The van der Waals surface area contributed by atoms with Gasteiger partial charge in [0.1, 0.15) is 18.0 Å². The molecule has 1 aromatic heterocycles. The first-order valence-electron chi connectivity index (χ1n) is 11.5. The van der Waals surface area contributed by atoms with Gasteiger partial charge >= 0.3 is 6.09 Å². The topological polar surface area (TPSA) is 122 Å². The lowest BCUT2D eigenvalue weighted by atomic mass is 10.1. The van der Waals surface area contributed by atoms with Gasteiger partial charge in [-0.3, -0.25) is 5.32 Å². The summed E-state index contributed by atoms with van der Waals surface area (Å²) in [5.74, 6) is 2.55. The Morgan fingerprint density at radius 1 is 1.00 bits per heavy atom. The highest BCUT2D eigenvalue weighted by Gasteiger charge is 2.49. The van der Waals surface area contributed by atoms with Crippen LogP contribution >= 0.6 is 0 Å². The number of carbonyl (C=O) groups is 1. The lowest BCUT2D eigenvalue weighted by Gasteiger charge is -2.18. The van der Waals surface area contributed by atoms with E-state index in [1.165, 1.54) is 0 Å². The fourth-order valence-electron chi connectivity index (χ4n) is 4.46. The van der Waals surface area contributed by atoms with Crippen molar-refractivity contribution in [2.45, 2.75) is 24.4 Å². The van der Waals surface area contributed by atoms with Crippen molar-refractivity contribution in [3.63, 3.8) is 0 Å². The molecule has 0 spiro atoms. The molecule has 11 nitrogen and oxygen atoms in total. The number of fused-ring (bicyclic) bond motifs is 2. The quantitative estimate of drug-likeness (QED) is 0.531. The monoisotopic (exact) mass is 492 g/mol. The predicted octanol–water partition coefficient (Wildman–Crippen LogP) is 3.08. The Morgan fingerprint density at radius 3 is 2.69 bits per heavy atom. The SMILES string of the molecule is COc1ccc(NC(=O)OC2COC3C(Nc4nccc(-c5ccc6c(c5)OCO6)n4)COC23)cc1. The average Bonchev–Trinajstić information content (AvgIpc) is 3.63. The van der Waals surface area contributed by atoms with Gasteiger partial charge in [-0.2, -0.15) is 0 Å². The van der Waals surface area contributed by atoms with Crippen LogP contribution in [0, 0.1) is 0 Å². The van der Waals surface area contributed by atoms with Gasteiger partial charge in [-0.1, -0.05) is 0 Å². The highest BCUT2D eigenvalue weighted by molar-refractivity contribution is 5.84. The maximum atomic E-state index is 12.4. The number of hydrogen-bond acceptors (Lipinski definition) is 10. The molecule has 2 saturated heterocycles. The number of nitrogens with zero attached hydrogens (tertiary/aromatic N) is 2. The first kappa shape index (κ1) is 22.4. The van der Waals surface area contributed by atoms with Gasteiger partial charge in [0.25, 0.3) is 0 Å². The molecule has 3 aromatic rings. The number of rotatable bonds is 6.